The molecule has 0 radical (unpaired) electrons. The first-order valence-electron chi connectivity index (χ1n) is 10.1. The highest BCUT2D eigenvalue weighted by atomic mass is 16.2. The average Bonchev–Trinajstić information content (AvgIpc) is 3.32. The zero-order chi connectivity index (χ0) is 20.2. The number of carbonyl (C=O) groups excluding carboxylic acids is 2. The number of aryl methyl sites for hydroxylation is 3. The van der Waals surface area contributed by atoms with Gasteiger partial charge in [0.25, 0.3) is 0 Å². The number of fused-ring (bicyclic) bond motifs is 1. The molecule has 3 aromatic rings. The maximum atomic E-state index is 12.5. The van der Waals surface area contributed by atoms with Gasteiger partial charge in [-0.15, -0.1) is 0 Å². The number of Topliss-reactive ketones (excluding diaryl/α,β-unsaturated/α-hetero) is 1. The van der Waals surface area contributed by atoms with Crippen molar-refractivity contribution >= 4 is 17.5 Å². The van der Waals surface area contributed by atoms with E-state index >= 15 is 0 Å². The van der Waals surface area contributed by atoms with Crippen LogP contribution in [-0.2, 0) is 24.2 Å². The van der Waals surface area contributed by atoms with Crippen molar-refractivity contribution in [1.82, 2.24) is 9.78 Å². The number of aromatic nitrogens is 2. The second-order valence-corrected chi connectivity index (χ2v) is 7.62. The van der Waals surface area contributed by atoms with E-state index in [1.165, 1.54) is 11.1 Å². The molecule has 4 rings (SSSR count). The van der Waals surface area contributed by atoms with Crippen molar-refractivity contribution in [1.29, 1.82) is 0 Å². The SMILES string of the molecule is Cc1cc(NC(=O)CCC(=O)c2ccc3c(c2)CCC3)n(Cc2ccccc2)n1. The number of ketones is 1. The standard InChI is InChI=1S/C24H25N3O2/c1-17-14-23(27(26-17)16-18-6-3-2-4-7-18)25-24(29)13-12-22(28)21-11-10-19-8-5-9-20(19)15-21/h2-4,6-7,10-11,14-15H,5,8-9,12-13,16H2,1H3,(H,25,29). The van der Waals surface area contributed by atoms with Crippen LogP contribution in [0, 0.1) is 6.92 Å². The molecule has 0 unspecified atom stereocenters. The largest absolute Gasteiger partial charge is 0.311 e. The summed E-state index contributed by atoms with van der Waals surface area (Å²) < 4.78 is 1.78. The zero-order valence-electron chi connectivity index (χ0n) is 16.6. The third-order valence-electron chi connectivity index (χ3n) is 5.34. The van der Waals surface area contributed by atoms with E-state index in [9.17, 15) is 9.59 Å². The monoisotopic (exact) mass is 387 g/mol. The van der Waals surface area contributed by atoms with Crippen molar-refractivity contribution in [2.45, 2.75) is 45.6 Å². The minimum absolute atomic E-state index is 0.0174. The van der Waals surface area contributed by atoms with Gasteiger partial charge in [0, 0.05) is 24.5 Å². The van der Waals surface area contributed by atoms with E-state index in [4.69, 9.17) is 0 Å². The Morgan fingerprint density at radius 3 is 2.62 bits per heavy atom. The molecule has 2 aromatic carbocycles. The molecule has 29 heavy (non-hydrogen) atoms. The second kappa shape index (κ2) is 8.43. The fraction of sp³-hybridized carbons (Fsp3) is 0.292. The summed E-state index contributed by atoms with van der Waals surface area (Å²) in [5, 5.41) is 7.38. The Balaban J connectivity index is 1.36. The molecule has 5 nitrogen and oxygen atoms in total. The molecule has 0 atom stereocenters. The molecule has 0 saturated carbocycles. The van der Waals surface area contributed by atoms with Crippen LogP contribution in [-0.4, -0.2) is 21.5 Å². The summed E-state index contributed by atoms with van der Waals surface area (Å²) in [4.78, 5) is 25.0. The lowest BCUT2D eigenvalue weighted by atomic mass is 10.0. The molecule has 1 aromatic heterocycles. The van der Waals surface area contributed by atoms with Crippen LogP contribution in [0.1, 0.15) is 52.0 Å². The smallest absolute Gasteiger partial charge is 0.225 e. The van der Waals surface area contributed by atoms with Crippen molar-refractivity contribution in [3.8, 4) is 0 Å². The van der Waals surface area contributed by atoms with Crippen LogP contribution >= 0.6 is 0 Å². The predicted octanol–water partition coefficient (Wildman–Crippen LogP) is 4.33. The Bertz CT molecular complexity index is 1040. The minimum atomic E-state index is -0.172. The van der Waals surface area contributed by atoms with Gasteiger partial charge in [-0.25, -0.2) is 4.68 Å². The van der Waals surface area contributed by atoms with Gasteiger partial charge in [0.2, 0.25) is 5.91 Å². The summed E-state index contributed by atoms with van der Waals surface area (Å²) in [6.07, 6.45) is 3.66. The Labute approximate surface area is 170 Å². The number of anilines is 1. The minimum Gasteiger partial charge on any atom is -0.311 e. The molecule has 0 saturated heterocycles. The van der Waals surface area contributed by atoms with Gasteiger partial charge in [-0.3, -0.25) is 9.59 Å². The number of amides is 1. The topological polar surface area (TPSA) is 64.0 Å². The molecule has 0 aliphatic heterocycles. The summed E-state index contributed by atoms with van der Waals surface area (Å²) in [7, 11) is 0. The van der Waals surface area contributed by atoms with Gasteiger partial charge in [0.15, 0.2) is 5.78 Å². The molecular weight excluding hydrogens is 362 g/mol. The number of hydrogen-bond acceptors (Lipinski definition) is 3. The van der Waals surface area contributed by atoms with Gasteiger partial charge in [0.05, 0.1) is 12.2 Å². The summed E-state index contributed by atoms with van der Waals surface area (Å²) in [6.45, 7) is 2.48. The summed E-state index contributed by atoms with van der Waals surface area (Å²) in [6, 6.07) is 17.8. The van der Waals surface area contributed by atoms with Crippen molar-refractivity contribution in [3.05, 3.63) is 82.5 Å². The number of carbonyl (C=O) groups is 2. The number of benzene rings is 2. The molecule has 5 heteroatoms. The molecule has 1 amide bonds. The van der Waals surface area contributed by atoms with E-state index in [0.717, 1.165) is 30.5 Å². The van der Waals surface area contributed by atoms with Crippen LogP contribution in [0.3, 0.4) is 0 Å². The van der Waals surface area contributed by atoms with E-state index in [-0.39, 0.29) is 24.5 Å². The highest BCUT2D eigenvalue weighted by molar-refractivity contribution is 6.00. The lowest BCUT2D eigenvalue weighted by Crippen LogP contribution is -2.17. The second-order valence-electron chi connectivity index (χ2n) is 7.62. The van der Waals surface area contributed by atoms with Crippen molar-refractivity contribution in [3.63, 3.8) is 0 Å². The first kappa shape index (κ1) is 19.1. The van der Waals surface area contributed by atoms with Gasteiger partial charge < -0.3 is 5.32 Å². The first-order valence-corrected chi connectivity index (χ1v) is 10.1. The Morgan fingerprint density at radius 1 is 1.00 bits per heavy atom. The first-order chi connectivity index (χ1) is 14.1. The molecule has 1 N–H and O–H groups in total. The van der Waals surface area contributed by atoms with Gasteiger partial charge in [-0.2, -0.15) is 5.10 Å². The van der Waals surface area contributed by atoms with E-state index in [1.54, 1.807) is 4.68 Å². The highest BCUT2D eigenvalue weighted by Crippen LogP contribution is 2.23. The fourth-order valence-corrected chi connectivity index (χ4v) is 3.85. The molecule has 1 aliphatic carbocycles. The predicted molar refractivity (Wildman–Crippen MR) is 113 cm³/mol. The lowest BCUT2D eigenvalue weighted by molar-refractivity contribution is -0.116. The van der Waals surface area contributed by atoms with Crippen LogP contribution in [0.5, 0.6) is 0 Å². The molecule has 1 aliphatic rings. The molecule has 148 valence electrons. The molecule has 0 spiro atoms. The van der Waals surface area contributed by atoms with E-state index in [1.807, 2.05) is 55.5 Å². The normalized spacial score (nSPS) is 12.6. The molecule has 0 fully saturated rings. The van der Waals surface area contributed by atoms with Gasteiger partial charge in [0.1, 0.15) is 5.82 Å². The fourth-order valence-electron chi connectivity index (χ4n) is 3.85. The molecular formula is C24H25N3O2. The lowest BCUT2D eigenvalue weighted by Gasteiger charge is -2.09. The van der Waals surface area contributed by atoms with E-state index < -0.39 is 0 Å². The average molecular weight is 387 g/mol. The number of nitrogens with one attached hydrogen (secondary N) is 1. The van der Waals surface area contributed by atoms with Gasteiger partial charge in [-0.1, -0.05) is 42.5 Å². The third kappa shape index (κ3) is 4.62. The quantitative estimate of drug-likeness (QED) is 0.614. The van der Waals surface area contributed by atoms with Crippen LogP contribution in [0.15, 0.2) is 54.6 Å². The molecule has 0 bridgehead atoms. The summed E-state index contributed by atoms with van der Waals surface area (Å²) in [5.74, 6) is 0.499. The van der Waals surface area contributed by atoms with E-state index in [2.05, 4.69) is 16.5 Å². The maximum absolute atomic E-state index is 12.5. The Morgan fingerprint density at radius 2 is 1.79 bits per heavy atom. The van der Waals surface area contributed by atoms with Crippen LogP contribution in [0.2, 0.25) is 0 Å². The number of rotatable bonds is 7. The zero-order valence-corrected chi connectivity index (χ0v) is 16.6. The van der Waals surface area contributed by atoms with Crippen molar-refractivity contribution in [2.24, 2.45) is 0 Å². The molecule has 1 heterocycles. The van der Waals surface area contributed by atoms with Gasteiger partial charge >= 0.3 is 0 Å². The Hall–Kier alpha value is -3.21. The van der Waals surface area contributed by atoms with Crippen LogP contribution in [0.4, 0.5) is 5.82 Å². The number of hydrogen-bond donors (Lipinski definition) is 1. The van der Waals surface area contributed by atoms with Crippen LogP contribution < -0.4 is 5.32 Å². The van der Waals surface area contributed by atoms with Crippen molar-refractivity contribution < 1.29 is 9.59 Å². The van der Waals surface area contributed by atoms with Gasteiger partial charge in [-0.05, 0) is 48.9 Å². The van der Waals surface area contributed by atoms with E-state index in [0.29, 0.717) is 17.9 Å². The van der Waals surface area contributed by atoms with Crippen LogP contribution in [0.25, 0.3) is 0 Å². The summed E-state index contributed by atoms with van der Waals surface area (Å²) in [5.41, 5.74) is 5.29. The Kier molecular flexibility index (Phi) is 5.56. The number of nitrogens with zero attached hydrogens (tertiary/aromatic N) is 2. The highest BCUT2D eigenvalue weighted by Gasteiger charge is 2.16. The maximum Gasteiger partial charge on any atom is 0.225 e. The van der Waals surface area contributed by atoms with Crippen molar-refractivity contribution in [2.75, 3.05) is 5.32 Å². The third-order valence-corrected chi connectivity index (χ3v) is 5.34. The summed E-state index contributed by atoms with van der Waals surface area (Å²) >= 11 is 0.